The standard InChI is InChI=1S/C30H46O3/c1-18(2)20(4)27(6)17-23(27)19(3)22-8-9-24-26(22,5)12-11-25-28(7)13-10-21(31)16-29(28)14-15-30(24,25)33-32-29/h11,14-15,18-24,31H,8-10,12-13,16-17H2,1-7H3/t19-,20+,21-,22?,23+,24?,26+,27+,28+,29+,30-/m0/s1. The predicted molar refractivity (Wildman–Crippen MR) is 131 cm³/mol. The zero-order valence-corrected chi connectivity index (χ0v) is 22.0. The molecule has 3 saturated carbocycles. The summed E-state index contributed by atoms with van der Waals surface area (Å²) in [6.45, 7) is 17.4. The lowest BCUT2D eigenvalue weighted by Crippen LogP contribution is -2.69. The SMILES string of the molecule is CC(C)[C@@H](C)[C@@]1(C)C[C@@H]1[C@@H](C)C1CCC2[C@]1(C)CC=C1[C@]23C=C[C@]2(C[C@@H](O)CC[C@]12C)OO3. The summed E-state index contributed by atoms with van der Waals surface area (Å²) >= 11 is 0. The van der Waals surface area contributed by atoms with Gasteiger partial charge in [-0.2, -0.15) is 0 Å². The smallest absolute Gasteiger partial charge is 0.147 e. The lowest BCUT2D eigenvalue weighted by molar-refractivity contribution is -0.455. The largest absolute Gasteiger partial charge is 0.393 e. The zero-order chi connectivity index (χ0) is 23.6. The molecule has 1 saturated heterocycles. The topological polar surface area (TPSA) is 38.7 Å². The monoisotopic (exact) mass is 454 g/mol. The Bertz CT molecular complexity index is 906. The maximum absolute atomic E-state index is 10.4. The van der Waals surface area contributed by atoms with Gasteiger partial charge in [-0.3, -0.25) is 0 Å². The van der Waals surface area contributed by atoms with E-state index < -0.39 is 11.2 Å². The molecule has 2 unspecified atom stereocenters. The first-order valence-electron chi connectivity index (χ1n) is 13.9. The molecule has 3 heteroatoms. The second-order valence-electron chi connectivity index (χ2n) is 14.2. The number of allylic oxidation sites excluding steroid dienone is 1. The fraction of sp³-hybridized carbons (Fsp3) is 0.867. The highest BCUT2D eigenvalue weighted by Gasteiger charge is 2.72. The molecular formula is C30H46O3. The van der Waals surface area contributed by atoms with E-state index in [1.807, 2.05) is 0 Å². The maximum atomic E-state index is 10.4. The van der Waals surface area contributed by atoms with Crippen molar-refractivity contribution in [2.45, 2.75) is 111 Å². The Morgan fingerprint density at radius 2 is 1.70 bits per heavy atom. The van der Waals surface area contributed by atoms with Crippen molar-refractivity contribution >= 4 is 0 Å². The number of hydrogen-bond acceptors (Lipinski definition) is 3. The van der Waals surface area contributed by atoms with Gasteiger partial charge in [0.2, 0.25) is 0 Å². The first kappa shape index (κ1) is 22.8. The average molecular weight is 455 g/mol. The summed E-state index contributed by atoms with van der Waals surface area (Å²) < 4.78 is 0. The minimum atomic E-state index is -0.500. The van der Waals surface area contributed by atoms with Gasteiger partial charge in [-0.15, -0.1) is 0 Å². The quantitative estimate of drug-likeness (QED) is 0.372. The van der Waals surface area contributed by atoms with Crippen molar-refractivity contribution in [3.63, 3.8) is 0 Å². The highest BCUT2D eigenvalue weighted by atomic mass is 17.2. The Morgan fingerprint density at radius 3 is 2.36 bits per heavy atom. The van der Waals surface area contributed by atoms with E-state index >= 15 is 0 Å². The molecule has 5 aliphatic carbocycles. The Labute approximate surface area is 201 Å². The van der Waals surface area contributed by atoms with Gasteiger partial charge in [-0.05, 0) is 96.7 Å². The van der Waals surface area contributed by atoms with Crippen molar-refractivity contribution in [2.75, 3.05) is 0 Å². The number of hydrogen-bond donors (Lipinski definition) is 1. The highest BCUT2D eigenvalue weighted by Crippen LogP contribution is 2.73. The van der Waals surface area contributed by atoms with Crippen LogP contribution in [0, 0.1) is 51.8 Å². The molecule has 0 amide bonds. The van der Waals surface area contributed by atoms with Gasteiger partial charge >= 0.3 is 0 Å². The van der Waals surface area contributed by atoms with Crippen LogP contribution in [0.1, 0.15) is 93.4 Å². The van der Waals surface area contributed by atoms with Gasteiger partial charge in [-0.25, -0.2) is 9.78 Å². The molecule has 2 spiro atoms. The molecule has 7 aliphatic rings. The van der Waals surface area contributed by atoms with Crippen LogP contribution in [-0.2, 0) is 9.78 Å². The second kappa shape index (κ2) is 6.77. The van der Waals surface area contributed by atoms with Crippen molar-refractivity contribution < 1.29 is 14.9 Å². The van der Waals surface area contributed by atoms with Gasteiger partial charge in [0.15, 0.2) is 0 Å². The Hall–Kier alpha value is -0.640. The van der Waals surface area contributed by atoms with Gasteiger partial charge in [0, 0.05) is 17.8 Å². The number of aliphatic hydroxyl groups is 1. The average Bonchev–Trinajstić information content (AvgIpc) is 3.33. The van der Waals surface area contributed by atoms with E-state index in [0.717, 1.165) is 42.4 Å². The molecular weight excluding hydrogens is 408 g/mol. The molecule has 1 N–H and O–H groups in total. The van der Waals surface area contributed by atoms with E-state index in [9.17, 15) is 5.11 Å². The molecule has 4 fully saturated rings. The van der Waals surface area contributed by atoms with Crippen LogP contribution in [0.5, 0.6) is 0 Å². The Balaban J connectivity index is 1.33. The minimum absolute atomic E-state index is 0.0635. The number of aliphatic hydroxyl groups excluding tert-OH is 1. The summed E-state index contributed by atoms with van der Waals surface area (Å²) in [5.74, 6) is 4.38. The van der Waals surface area contributed by atoms with Crippen molar-refractivity contribution in [3.05, 3.63) is 23.8 Å². The molecule has 0 radical (unpaired) electrons. The summed E-state index contributed by atoms with van der Waals surface area (Å²) in [7, 11) is 0. The predicted octanol–water partition coefficient (Wildman–Crippen LogP) is 6.86. The van der Waals surface area contributed by atoms with E-state index in [1.54, 1.807) is 0 Å². The summed E-state index contributed by atoms with van der Waals surface area (Å²) in [5.41, 5.74) is 1.27. The zero-order valence-electron chi connectivity index (χ0n) is 22.0. The van der Waals surface area contributed by atoms with Gasteiger partial charge in [-0.1, -0.05) is 54.5 Å². The molecule has 7 rings (SSSR count). The van der Waals surface area contributed by atoms with Gasteiger partial charge in [0.1, 0.15) is 11.2 Å². The lowest BCUT2D eigenvalue weighted by atomic mass is 9.46. The Kier molecular flexibility index (Phi) is 4.68. The first-order valence-corrected chi connectivity index (χ1v) is 13.9. The van der Waals surface area contributed by atoms with Crippen LogP contribution in [0.15, 0.2) is 23.8 Å². The summed E-state index contributed by atoms with van der Waals surface area (Å²) in [6, 6.07) is 0. The molecule has 2 aliphatic heterocycles. The fourth-order valence-electron chi connectivity index (χ4n) is 10.1. The third kappa shape index (κ3) is 2.63. The molecule has 2 heterocycles. The lowest BCUT2D eigenvalue weighted by Gasteiger charge is -2.66. The van der Waals surface area contributed by atoms with Gasteiger partial charge in [0.05, 0.1) is 6.10 Å². The first-order chi connectivity index (χ1) is 15.4. The third-order valence-corrected chi connectivity index (χ3v) is 12.7. The normalized spacial score (nSPS) is 56.1. The van der Waals surface area contributed by atoms with Gasteiger partial charge < -0.3 is 5.11 Å². The summed E-state index contributed by atoms with van der Waals surface area (Å²) in [4.78, 5) is 12.8. The van der Waals surface area contributed by atoms with Crippen LogP contribution in [0.2, 0.25) is 0 Å². The summed E-state index contributed by atoms with van der Waals surface area (Å²) in [5, 5.41) is 10.4. The molecule has 3 nitrogen and oxygen atoms in total. The van der Waals surface area contributed by atoms with Crippen molar-refractivity contribution in [2.24, 2.45) is 51.8 Å². The van der Waals surface area contributed by atoms with Crippen molar-refractivity contribution in [1.29, 1.82) is 0 Å². The van der Waals surface area contributed by atoms with Crippen molar-refractivity contribution in [3.8, 4) is 0 Å². The minimum Gasteiger partial charge on any atom is -0.393 e. The molecule has 184 valence electrons. The highest BCUT2D eigenvalue weighted by molar-refractivity contribution is 5.48. The van der Waals surface area contributed by atoms with Crippen molar-refractivity contribution in [1.82, 2.24) is 0 Å². The third-order valence-electron chi connectivity index (χ3n) is 12.7. The van der Waals surface area contributed by atoms with Crippen LogP contribution in [0.3, 0.4) is 0 Å². The van der Waals surface area contributed by atoms with Crippen LogP contribution in [0.4, 0.5) is 0 Å². The van der Waals surface area contributed by atoms with Gasteiger partial charge in [0.25, 0.3) is 0 Å². The van der Waals surface area contributed by atoms with E-state index in [0.29, 0.717) is 17.8 Å². The summed E-state index contributed by atoms with van der Waals surface area (Å²) in [6.07, 6.45) is 14.5. The van der Waals surface area contributed by atoms with E-state index in [4.69, 9.17) is 9.78 Å². The van der Waals surface area contributed by atoms with Crippen LogP contribution in [0.25, 0.3) is 0 Å². The van der Waals surface area contributed by atoms with E-state index in [-0.39, 0.29) is 16.9 Å². The molecule has 11 atom stereocenters. The fourth-order valence-corrected chi connectivity index (χ4v) is 10.1. The van der Waals surface area contributed by atoms with Crippen LogP contribution < -0.4 is 0 Å². The molecule has 0 aromatic rings. The van der Waals surface area contributed by atoms with E-state index in [2.05, 4.69) is 66.7 Å². The Morgan fingerprint density at radius 1 is 0.939 bits per heavy atom. The van der Waals surface area contributed by atoms with Crippen LogP contribution >= 0.6 is 0 Å². The molecule has 0 aromatic carbocycles. The second-order valence-corrected chi connectivity index (χ2v) is 14.2. The molecule has 0 aromatic heterocycles. The van der Waals surface area contributed by atoms with E-state index in [1.165, 1.54) is 31.3 Å². The van der Waals surface area contributed by atoms with Crippen LogP contribution in [-0.4, -0.2) is 22.4 Å². The maximum Gasteiger partial charge on any atom is 0.147 e. The molecule has 33 heavy (non-hydrogen) atoms. The molecule has 2 bridgehead atoms. The number of fused-ring (bicyclic) bond motifs is 2. The number of rotatable bonds is 4.